The van der Waals surface area contributed by atoms with Gasteiger partial charge in [-0.2, -0.15) is 0 Å². The lowest BCUT2D eigenvalue weighted by atomic mass is 10.1. The van der Waals surface area contributed by atoms with Gasteiger partial charge in [-0.3, -0.25) is 0 Å². The Balaban J connectivity index is 2.67. The number of benzene rings is 1. The Labute approximate surface area is 87.6 Å². The molecular formula is C9H12FNO3S. The highest BCUT2D eigenvalue weighted by molar-refractivity contribution is 7.89. The summed E-state index contributed by atoms with van der Waals surface area (Å²) < 4.78 is 34.4. The number of nitrogens with two attached hydrogens (primary N) is 1. The van der Waals surface area contributed by atoms with E-state index >= 15 is 0 Å². The van der Waals surface area contributed by atoms with Gasteiger partial charge in [-0.05, 0) is 11.6 Å². The molecule has 0 spiro atoms. The van der Waals surface area contributed by atoms with Crippen LogP contribution >= 0.6 is 0 Å². The Bertz CT molecular complexity index is 433. The van der Waals surface area contributed by atoms with E-state index < -0.39 is 27.7 Å². The third-order valence-electron chi connectivity index (χ3n) is 1.84. The van der Waals surface area contributed by atoms with Crippen LogP contribution in [0.2, 0.25) is 0 Å². The molecule has 6 heteroatoms. The fourth-order valence-electron chi connectivity index (χ4n) is 1.24. The molecule has 0 fully saturated rings. The zero-order valence-corrected chi connectivity index (χ0v) is 8.74. The molecule has 0 amide bonds. The van der Waals surface area contributed by atoms with Crippen LogP contribution in [0.5, 0.6) is 0 Å². The van der Waals surface area contributed by atoms with E-state index in [0.29, 0.717) is 0 Å². The third-order valence-corrected chi connectivity index (χ3v) is 2.69. The van der Waals surface area contributed by atoms with Crippen LogP contribution in [0.15, 0.2) is 24.3 Å². The number of hydrogen-bond acceptors (Lipinski definition) is 3. The molecule has 0 aliphatic rings. The van der Waals surface area contributed by atoms with Crippen molar-refractivity contribution in [3.63, 3.8) is 0 Å². The topological polar surface area (TPSA) is 80.4 Å². The van der Waals surface area contributed by atoms with Gasteiger partial charge >= 0.3 is 0 Å². The summed E-state index contributed by atoms with van der Waals surface area (Å²) in [6.45, 7) is 0. The third kappa shape index (κ3) is 4.37. The first-order valence-corrected chi connectivity index (χ1v) is 6.02. The van der Waals surface area contributed by atoms with E-state index in [1.807, 2.05) is 0 Å². The Morgan fingerprint density at radius 2 is 2.00 bits per heavy atom. The van der Waals surface area contributed by atoms with Gasteiger partial charge in [0.05, 0.1) is 11.9 Å². The maximum absolute atomic E-state index is 13.1. The SMILES string of the molecule is NS(=O)(=O)CC(O)Cc1ccccc1F. The fourth-order valence-corrected chi connectivity index (χ4v) is 1.90. The van der Waals surface area contributed by atoms with Crippen molar-refractivity contribution < 1.29 is 17.9 Å². The molecule has 1 unspecified atom stereocenters. The minimum atomic E-state index is -3.73. The number of aliphatic hydroxyl groups is 1. The first-order chi connectivity index (χ1) is 6.88. The van der Waals surface area contributed by atoms with Crippen LogP contribution < -0.4 is 5.14 Å². The van der Waals surface area contributed by atoms with Crippen LogP contribution in [0.25, 0.3) is 0 Å². The summed E-state index contributed by atoms with van der Waals surface area (Å²) >= 11 is 0. The predicted octanol–water partition coefficient (Wildman–Crippen LogP) is 0.0176. The molecule has 1 aromatic rings. The molecule has 1 atom stereocenters. The molecule has 1 rings (SSSR count). The van der Waals surface area contributed by atoms with Crippen molar-refractivity contribution in [2.75, 3.05) is 5.75 Å². The monoisotopic (exact) mass is 233 g/mol. The zero-order chi connectivity index (χ0) is 11.5. The maximum atomic E-state index is 13.1. The summed E-state index contributed by atoms with van der Waals surface area (Å²) in [5.41, 5.74) is 0.272. The van der Waals surface area contributed by atoms with E-state index in [-0.39, 0.29) is 12.0 Å². The number of hydrogen-bond donors (Lipinski definition) is 2. The van der Waals surface area contributed by atoms with Crippen molar-refractivity contribution in [1.82, 2.24) is 0 Å². The normalized spacial score (nSPS) is 13.8. The number of primary sulfonamides is 1. The Hall–Kier alpha value is -0.980. The molecule has 15 heavy (non-hydrogen) atoms. The standard InChI is InChI=1S/C9H12FNO3S/c10-9-4-2-1-3-7(9)5-8(12)6-15(11,13)14/h1-4,8,12H,5-6H2,(H2,11,13,14). The van der Waals surface area contributed by atoms with Crippen molar-refractivity contribution in [2.24, 2.45) is 5.14 Å². The van der Waals surface area contributed by atoms with E-state index in [2.05, 4.69) is 0 Å². The van der Waals surface area contributed by atoms with E-state index in [1.54, 1.807) is 6.07 Å². The highest BCUT2D eigenvalue weighted by atomic mass is 32.2. The minimum absolute atomic E-state index is 0.0664. The molecule has 4 nitrogen and oxygen atoms in total. The van der Waals surface area contributed by atoms with Crippen molar-refractivity contribution in [2.45, 2.75) is 12.5 Å². The Morgan fingerprint density at radius 1 is 1.40 bits per heavy atom. The Morgan fingerprint density at radius 3 is 2.53 bits per heavy atom. The van der Waals surface area contributed by atoms with Crippen LogP contribution in [-0.2, 0) is 16.4 Å². The van der Waals surface area contributed by atoms with Crippen LogP contribution in [0, 0.1) is 5.82 Å². The molecule has 0 aliphatic heterocycles. The lowest BCUT2D eigenvalue weighted by Gasteiger charge is -2.09. The predicted molar refractivity (Wildman–Crippen MR) is 54.1 cm³/mol. The van der Waals surface area contributed by atoms with Gasteiger partial charge in [0.2, 0.25) is 10.0 Å². The quantitative estimate of drug-likeness (QED) is 0.769. The Kier molecular flexibility index (Phi) is 3.78. The van der Waals surface area contributed by atoms with E-state index in [4.69, 9.17) is 5.14 Å². The van der Waals surface area contributed by atoms with Crippen LogP contribution in [0.3, 0.4) is 0 Å². The summed E-state index contributed by atoms with van der Waals surface area (Å²) in [6.07, 6.45) is -1.25. The molecule has 1 aromatic carbocycles. The second-order valence-electron chi connectivity index (χ2n) is 3.28. The highest BCUT2D eigenvalue weighted by Gasteiger charge is 2.14. The van der Waals surface area contributed by atoms with E-state index in [9.17, 15) is 17.9 Å². The van der Waals surface area contributed by atoms with Crippen molar-refractivity contribution in [3.8, 4) is 0 Å². The van der Waals surface area contributed by atoms with Gasteiger partial charge in [-0.15, -0.1) is 0 Å². The molecule has 0 heterocycles. The summed E-state index contributed by atoms with van der Waals surface area (Å²) in [6, 6.07) is 5.87. The number of aliphatic hydroxyl groups excluding tert-OH is 1. The largest absolute Gasteiger partial charge is 0.392 e. The van der Waals surface area contributed by atoms with Crippen molar-refractivity contribution in [3.05, 3.63) is 35.6 Å². The van der Waals surface area contributed by atoms with Crippen LogP contribution in [0.4, 0.5) is 4.39 Å². The second kappa shape index (κ2) is 4.69. The maximum Gasteiger partial charge on any atom is 0.211 e. The first kappa shape index (κ1) is 12.1. The lowest BCUT2D eigenvalue weighted by Crippen LogP contribution is -2.28. The molecule has 0 radical (unpaired) electrons. The van der Waals surface area contributed by atoms with Gasteiger partial charge in [-0.25, -0.2) is 17.9 Å². The first-order valence-electron chi connectivity index (χ1n) is 4.30. The smallest absolute Gasteiger partial charge is 0.211 e. The highest BCUT2D eigenvalue weighted by Crippen LogP contribution is 2.09. The molecule has 3 N–H and O–H groups in total. The molecule has 0 aromatic heterocycles. The summed E-state index contributed by atoms with van der Waals surface area (Å²) in [5.74, 6) is -1.03. The van der Waals surface area contributed by atoms with Crippen LogP contribution in [0.1, 0.15) is 5.56 Å². The number of halogens is 1. The average molecular weight is 233 g/mol. The molecular weight excluding hydrogens is 221 g/mol. The van der Waals surface area contributed by atoms with Crippen LogP contribution in [-0.4, -0.2) is 25.4 Å². The molecule has 0 saturated heterocycles. The summed E-state index contributed by atoms with van der Waals surface area (Å²) in [7, 11) is -3.73. The zero-order valence-electron chi connectivity index (χ0n) is 7.93. The molecule has 0 bridgehead atoms. The molecule has 0 saturated carbocycles. The minimum Gasteiger partial charge on any atom is -0.392 e. The van der Waals surface area contributed by atoms with Gasteiger partial charge < -0.3 is 5.11 Å². The van der Waals surface area contributed by atoms with Crippen molar-refractivity contribution in [1.29, 1.82) is 0 Å². The fraction of sp³-hybridized carbons (Fsp3) is 0.333. The average Bonchev–Trinajstić information content (AvgIpc) is 2.05. The lowest BCUT2D eigenvalue weighted by molar-refractivity contribution is 0.196. The van der Waals surface area contributed by atoms with Gasteiger partial charge in [0.1, 0.15) is 5.82 Å². The van der Waals surface area contributed by atoms with Crippen molar-refractivity contribution >= 4 is 10.0 Å². The van der Waals surface area contributed by atoms with Gasteiger partial charge in [-0.1, -0.05) is 18.2 Å². The van der Waals surface area contributed by atoms with E-state index in [0.717, 1.165) is 0 Å². The number of sulfonamides is 1. The van der Waals surface area contributed by atoms with Gasteiger partial charge in [0.15, 0.2) is 0 Å². The summed E-state index contributed by atoms with van der Waals surface area (Å²) in [5, 5.41) is 14.1. The summed E-state index contributed by atoms with van der Waals surface area (Å²) in [4.78, 5) is 0. The number of rotatable bonds is 4. The van der Waals surface area contributed by atoms with Gasteiger partial charge in [0, 0.05) is 6.42 Å². The molecule has 0 aliphatic carbocycles. The second-order valence-corrected chi connectivity index (χ2v) is 4.94. The van der Waals surface area contributed by atoms with Gasteiger partial charge in [0.25, 0.3) is 0 Å². The molecule has 84 valence electrons. The van der Waals surface area contributed by atoms with E-state index in [1.165, 1.54) is 18.2 Å².